The molecule has 104 valence electrons. The summed E-state index contributed by atoms with van der Waals surface area (Å²) >= 11 is 0. The molecule has 0 aromatic carbocycles. The Labute approximate surface area is 109 Å². The largest absolute Gasteiger partial charge is 0.326 e. The van der Waals surface area contributed by atoms with Gasteiger partial charge in [0, 0.05) is 17.8 Å². The van der Waals surface area contributed by atoms with Gasteiger partial charge in [0.05, 0.1) is 22.7 Å². The van der Waals surface area contributed by atoms with E-state index >= 15 is 0 Å². The minimum atomic E-state index is -3.12. The van der Waals surface area contributed by atoms with Gasteiger partial charge in [0.15, 0.2) is 9.84 Å². The van der Waals surface area contributed by atoms with Crippen LogP contribution in [0.4, 0.5) is 0 Å². The molecular weight excluding hydrogens is 250 g/mol. The van der Waals surface area contributed by atoms with Crippen LogP contribution in [0.25, 0.3) is 0 Å². The van der Waals surface area contributed by atoms with Crippen LogP contribution < -0.4 is 5.73 Å². The summed E-state index contributed by atoms with van der Waals surface area (Å²) in [5.74, 6) is 0.0997. The van der Waals surface area contributed by atoms with E-state index in [4.69, 9.17) is 5.73 Å². The van der Waals surface area contributed by atoms with Crippen molar-refractivity contribution in [2.24, 2.45) is 5.73 Å². The Morgan fingerprint density at radius 3 is 2.22 bits per heavy atom. The zero-order valence-electron chi connectivity index (χ0n) is 11.8. The number of nitrogens with two attached hydrogens (primary N) is 1. The van der Waals surface area contributed by atoms with Gasteiger partial charge in [-0.05, 0) is 34.6 Å². The fraction of sp³-hybridized carbons (Fsp3) is 0.750. The van der Waals surface area contributed by atoms with Crippen molar-refractivity contribution in [3.05, 3.63) is 17.0 Å². The first-order valence-corrected chi connectivity index (χ1v) is 7.70. The van der Waals surface area contributed by atoms with Crippen molar-refractivity contribution < 1.29 is 8.42 Å². The number of hydrogen-bond acceptors (Lipinski definition) is 4. The minimum absolute atomic E-state index is 0.0997. The Balaban J connectivity index is 2.89. The van der Waals surface area contributed by atoms with Crippen molar-refractivity contribution in [3.63, 3.8) is 0 Å². The van der Waals surface area contributed by atoms with Gasteiger partial charge >= 0.3 is 0 Å². The second-order valence-corrected chi connectivity index (χ2v) is 8.37. The van der Waals surface area contributed by atoms with Crippen LogP contribution in [0.15, 0.2) is 0 Å². The topological polar surface area (TPSA) is 78.0 Å². The number of aryl methyl sites for hydroxylation is 2. The average molecular weight is 273 g/mol. The fourth-order valence-corrected chi connectivity index (χ4v) is 2.79. The molecule has 0 atom stereocenters. The summed E-state index contributed by atoms with van der Waals surface area (Å²) in [4.78, 5) is 0. The van der Waals surface area contributed by atoms with E-state index in [9.17, 15) is 8.42 Å². The summed E-state index contributed by atoms with van der Waals surface area (Å²) in [6.07, 6.45) is 0. The van der Waals surface area contributed by atoms with Crippen molar-refractivity contribution in [2.45, 2.75) is 52.5 Å². The quantitative estimate of drug-likeness (QED) is 0.893. The molecule has 0 saturated heterocycles. The van der Waals surface area contributed by atoms with Gasteiger partial charge in [-0.1, -0.05) is 0 Å². The third-order valence-corrected chi connectivity index (χ3v) is 5.83. The summed E-state index contributed by atoms with van der Waals surface area (Å²) in [6, 6.07) is 0. The van der Waals surface area contributed by atoms with Crippen LogP contribution >= 0.6 is 0 Å². The number of aromatic nitrogens is 2. The molecule has 0 fully saturated rings. The Morgan fingerprint density at radius 2 is 1.83 bits per heavy atom. The van der Waals surface area contributed by atoms with Gasteiger partial charge in [0.2, 0.25) is 0 Å². The minimum Gasteiger partial charge on any atom is -0.326 e. The molecule has 2 N–H and O–H groups in total. The fourth-order valence-electron chi connectivity index (χ4n) is 1.76. The van der Waals surface area contributed by atoms with Crippen molar-refractivity contribution in [1.29, 1.82) is 0 Å². The standard InChI is InChI=1S/C12H23N3O2S/c1-9-11(8-13)10(2)15(14-9)6-7-18(16,17)12(3,4)5/h6-8,13H2,1-5H3. The maximum absolute atomic E-state index is 12.0. The summed E-state index contributed by atoms with van der Waals surface area (Å²) in [7, 11) is -3.12. The molecule has 0 radical (unpaired) electrons. The zero-order chi connectivity index (χ0) is 14.1. The van der Waals surface area contributed by atoms with Gasteiger partial charge in [0.1, 0.15) is 0 Å². The van der Waals surface area contributed by atoms with Gasteiger partial charge in [-0.15, -0.1) is 0 Å². The van der Waals surface area contributed by atoms with Crippen LogP contribution in [0.2, 0.25) is 0 Å². The number of hydrogen-bond donors (Lipinski definition) is 1. The van der Waals surface area contributed by atoms with E-state index in [1.54, 1.807) is 25.5 Å². The van der Waals surface area contributed by atoms with Crippen LogP contribution in [0.5, 0.6) is 0 Å². The Kier molecular flexibility index (Phi) is 4.23. The molecule has 1 heterocycles. The molecule has 1 aromatic heterocycles. The van der Waals surface area contributed by atoms with Gasteiger partial charge in [-0.2, -0.15) is 5.10 Å². The van der Waals surface area contributed by atoms with E-state index in [1.165, 1.54) is 0 Å². The zero-order valence-corrected chi connectivity index (χ0v) is 12.6. The molecule has 0 aliphatic heterocycles. The molecule has 5 nitrogen and oxygen atoms in total. The lowest BCUT2D eigenvalue weighted by molar-refractivity contribution is 0.545. The predicted octanol–water partition coefficient (Wildman–Crippen LogP) is 1.17. The lowest BCUT2D eigenvalue weighted by Crippen LogP contribution is -2.32. The lowest BCUT2D eigenvalue weighted by atomic mass is 10.2. The van der Waals surface area contributed by atoms with Crippen LogP contribution in [-0.4, -0.2) is 28.7 Å². The Bertz CT molecular complexity index is 524. The maximum atomic E-state index is 12.0. The maximum Gasteiger partial charge on any atom is 0.157 e. The first kappa shape index (κ1) is 15.2. The third kappa shape index (κ3) is 2.92. The van der Waals surface area contributed by atoms with Crippen LogP contribution in [0, 0.1) is 13.8 Å². The summed E-state index contributed by atoms with van der Waals surface area (Å²) in [5, 5.41) is 4.34. The van der Waals surface area contributed by atoms with Crippen molar-refractivity contribution >= 4 is 9.84 Å². The van der Waals surface area contributed by atoms with E-state index in [2.05, 4.69) is 5.10 Å². The van der Waals surface area contributed by atoms with Gasteiger partial charge in [-0.25, -0.2) is 8.42 Å². The molecule has 0 aliphatic carbocycles. The first-order valence-electron chi connectivity index (χ1n) is 6.05. The Hall–Kier alpha value is -0.880. The van der Waals surface area contributed by atoms with E-state index in [1.807, 2.05) is 13.8 Å². The third-order valence-electron chi connectivity index (χ3n) is 3.24. The molecule has 0 saturated carbocycles. The predicted molar refractivity (Wildman–Crippen MR) is 73.1 cm³/mol. The molecule has 0 amide bonds. The van der Waals surface area contributed by atoms with Crippen LogP contribution in [0.1, 0.15) is 37.7 Å². The molecular formula is C12H23N3O2S. The Morgan fingerprint density at radius 1 is 1.28 bits per heavy atom. The SMILES string of the molecule is Cc1nn(CCS(=O)(=O)C(C)(C)C)c(C)c1CN. The second kappa shape index (κ2) is 5.01. The summed E-state index contributed by atoms with van der Waals surface area (Å²) in [6.45, 7) is 9.78. The molecule has 1 aromatic rings. The molecule has 0 unspecified atom stereocenters. The lowest BCUT2D eigenvalue weighted by Gasteiger charge is -2.19. The molecule has 18 heavy (non-hydrogen) atoms. The van der Waals surface area contributed by atoms with Crippen molar-refractivity contribution in [2.75, 3.05) is 5.75 Å². The summed E-state index contributed by atoms with van der Waals surface area (Å²) in [5.41, 5.74) is 8.48. The van der Waals surface area contributed by atoms with E-state index in [0.717, 1.165) is 17.0 Å². The molecule has 6 heteroatoms. The van der Waals surface area contributed by atoms with Gasteiger partial charge < -0.3 is 5.73 Å². The van der Waals surface area contributed by atoms with E-state index < -0.39 is 14.6 Å². The highest BCUT2D eigenvalue weighted by Crippen LogP contribution is 2.17. The molecule has 1 rings (SSSR count). The highest BCUT2D eigenvalue weighted by atomic mass is 32.2. The molecule has 0 spiro atoms. The smallest absolute Gasteiger partial charge is 0.157 e. The highest BCUT2D eigenvalue weighted by Gasteiger charge is 2.28. The normalized spacial score (nSPS) is 13.0. The number of sulfone groups is 1. The van der Waals surface area contributed by atoms with Gasteiger partial charge in [0.25, 0.3) is 0 Å². The summed E-state index contributed by atoms with van der Waals surface area (Å²) < 4.78 is 25.1. The highest BCUT2D eigenvalue weighted by molar-refractivity contribution is 7.92. The van der Waals surface area contributed by atoms with Gasteiger partial charge in [-0.3, -0.25) is 4.68 Å². The van der Waals surface area contributed by atoms with Crippen LogP contribution in [0.3, 0.4) is 0 Å². The molecule has 0 aliphatic rings. The van der Waals surface area contributed by atoms with Crippen molar-refractivity contribution in [3.8, 4) is 0 Å². The number of rotatable bonds is 4. The van der Waals surface area contributed by atoms with E-state index in [-0.39, 0.29) is 5.75 Å². The first-order chi connectivity index (χ1) is 8.10. The van der Waals surface area contributed by atoms with E-state index in [0.29, 0.717) is 13.1 Å². The van der Waals surface area contributed by atoms with Crippen molar-refractivity contribution in [1.82, 2.24) is 9.78 Å². The monoisotopic (exact) mass is 273 g/mol. The van der Waals surface area contributed by atoms with Crippen LogP contribution in [-0.2, 0) is 22.9 Å². The average Bonchev–Trinajstić information content (AvgIpc) is 2.49. The second-order valence-electron chi connectivity index (χ2n) is 5.51. The molecule has 0 bridgehead atoms. The number of nitrogens with zero attached hydrogens (tertiary/aromatic N) is 2.